The van der Waals surface area contributed by atoms with Crippen LogP contribution in [0.2, 0.25) is 0 Å². The number of nitrogens with zero attached hydrogens (tertiary/aromatic N) is 1. The predicted molar refractivity (Wildman–Crippen MR) is 213 cm³/mol. The van der Waals surface area contributed by atoms with Gasteiger partial charge in [-0.15, -0.1) is 0 Å². The van der Waals surface area contributed by atoms with Crippen LogP contribution in [0.25, 0.3) is 11.1 Å². The lowest BCUT2D eigenvalue weighted by Crippen LogP contribution is -2.65. The normalized spacial score (nSPS) is 31.0. The predicted octanol–water partition coefficient (Wildman–Crippen LogP) is 1.09. The second-order valence-corrected chi connectivity index (χ2v) is 17.0. The van der Waals surface area contributed by atoms with Crippen LogP contribution in [0.5, 0.6) is 5.75 Å². The van der Waals surface area contributed by atoms with E-state index in [2.05, 4.69) is 0 Å². The molecule has 3 aliphatic rings. The monoisotopic (exact) mass is 869 g/mol. The summed E-state index contributed by atoms with van der Waals surface area (Å²) in [6.45, 7) is -1.59. The highest BCUT2D eigenvalue weighted by Gasteiger charge is 2.51. The van der Waals surface area contributed by atoms with Crippen molar-refractivity contribution in [1.29, 1.82) is 0 Å². The maximum Gasteiger partial charge on any atom is 0.311 e. The van der Waals surface area contributed by atoms with Gasteiger partial charge in [-0.25, -0.2) is 4.39 Å². The van der Waals surface area contributed by atoms with Gasteiger partial charge in [-0.3, -0.25) is 4.79 Å². The van der Waals surface area contributed by atoms with Gasteiger partial charge in [0.25, 0.3) is 0 Å². The van der Waals surface area contributed by atoms with Gasteiger partial charge in [-0.05, 0) is 71.5 Å². The maximum atomic E-state index is 13.5. The van der Waals surface area contributed by atoms with Gasteiger partial charge in [0.05, 0.1) is 31.3 Å². The van der Waals surface area contributed by atoms with E-state index >= 15 is 0 Å². The Hall–Kier alpha value is -4.41. The van der Waals surface area contributed by atoms with Crippen LogP contribution in [0, 0.1) is 11.7 Å². The lowest BCUT2D eigenvalue weighted by atomic mass is 9.78. The van der Waals surface area contributed by atoms with Crippen molar-refractivity contribution in [2.75, 3.05) is 23.9 Å². The minimum Gasteiger partial charge on any atom is -0.394 e. The summed E-state index contributed by atoms with van der Waals surface area (Å²) in [5, 5.41) is 82.5. The SMILES string of the molecule is O=C1[C@H](CC[C@H](O)c2ccc(F)cc2)[C@@H](c2ccc(-c3ccc(OS(=O)(=O)C[C@@H]4OC(CO)[C@@H](O[C@@H]5OC(CO)[C@@H](O)C(O)[C@@H]5O)C(O)[C@@H]4O)cc3)cc2)N1c1ccccc1. The van der Waals surface area contributed by atoms with Crippen molar-refractivity contribution < 1.29 is 76.8 Å². The number of ether oxygens (including phenoxy) is 3. The summed E-state index contributed by atoms with van der Waals surface area (Å²) in [5.41, 5.74) is 3.66. The Bertz CT molecular complexity index is 2180. The zero-order valence-electron chi connectivity index (χ0n) is 32.5. The molecule has 0 radical (unpaired) electrons. The van der Waals surface area contributed by atoms with E-state index in [1.54, 1.807) is 17.0 Å². The van der Waals surface area contributed by atoms with Crippen molar-refractivity contribution in [3.05, 3.63) is 120 Å². The molecule has 8 N–H and O–H groups in total. The Morgan fingerprint density at radius 3 is 1.93 bits per heavy atom. The van der Waals surface area contributed by atoms with E-state index in [1.807, 2.05) is 54.6 Å². The van der Waals surface area contributed by atoms with E-state index < -0.39 is 108 Å². The van der Waals surface area contributed by atoms with Gasteiger partial charge in [-0.1, -0.05) is 66.7 Å². The van der Waals surface area contributed by atoms with Crippen molar-refractivity contribution in [2.24, 2.45) is 5.92 Å². The molecule has 4 unspecified atom stereocenters. The number of aliphatic hydroxyl groups is 8. The van der Waals surface area contributed by atoms with Gasteiger partial charge in [-0.2, -0.15) is 8.42 Å². The first-order valence-electron chi connectivity index (χ1n) is 19.7. The van der Waals surface area contributed by atoms with Crippen molar-refractivity contribution in [1.82, 2.24) is 0 Å². The van der Waals surface area contributed by atoms with E-state index in [0.717, 1.165) is 16.8 Å². The summed E-state index contributed by atoms with van der Waals surface area (Å²) >= 11 is 0. The van der Waals surface area contributed by atoms with Gasteiger partial charge in [0.1, 0.15) is 72.3 Å². The first-order chi connectivity index (χ1) is 29.2. The zero-order chi connectivity index (χ0) is 43.6. The average Bonchev–Trinajstić information content (AvgIpc) is 3.26. The fraction of sp³-hybridized carbons (Fsp3) is 0.419. The van der Waals surface area contributed by atoms with E-state index in [9.17, 15) is 58.5 Å². The number of carbonyl (C=O) groups excluding carboxylic acids is 1. The van der Waals surface area contributed by atoms with Crippen LogP contribution in [0.3, 0.4) is 0 Å². The number of rotatable bonds is 15. The second kappa shape index (κ2) is 18.9. The third kappa shape index (κ3) is 9.65. The fourth-order valence-corrected chi connectivity index (χ4v) is 9.19. The molecule has 1 amide bonds. The van der Waals surface area contributed by atoms with Crippen LogP contribution in [-0.4, -0.2) is 135 Å². The minimum absolute atomic E-state index is 0.0640. The number of halogens is 1. The molecule has 16 nitrogen and oxygen atoms in total. The van der Waals surface area contributed by atoms with Gasteiger partial charge in [0.2, 0.25) is 5.91 Å². The molecule has 3 heterocycles. The standard InChI is InChI=1S/C43H48FNO15S/c44-27-14-10-25(11-15-27)31(48)19-18-30-35(45(42(30)54)28-4-2-1-3-5-28)26-8-6-23(7-9-26)24-12-16-29(17-13-24)60-61(55,56)22-34-37(50)39(52)41(33(21-47)57-34)59-43-40(53)38(51)36(49)32(20-46)58-43/h1-17,30-41,43,46-53H,18-22H2/t30-,31+,32?,33?,34+,35-,36-,37-,38?,39?,40+,41-,43+/m1/s1. The molecule has 3 aliphatic heterocycles. The molecular weight excluding hydrogens is 822 g/mol. The smallest absolute Gasteiger partial charge is 0.311 e. The summed E-state index contributed by atoms with van der Waals surface area (Å²) in [6.07, 6.45) is -17.0. The van der Waals surface area contributed by atoms with Crippen LogP contribution < -0.4 is 9.08 Å². The molecule has 61 heavy (non-hydrogen) atoms. The number of hydrogen-bond donors (Lipinski definition) is 8. The summed E-state index contributed by atoms with van der Waals surface area (Å²) in [5.74, 6) is -1.91. The van der Waals surface area contributed by atoms with E-state index in [-0.39, 0.29) is 17.7 Å². The second-order valence-electron chi connectivity index (χ2n) is 15.4. The molecule has 3 saturated heterocycles. The van der Waals surface area contributed by atoms with E-state index in [4.69, 9.17) is 18.4 Å². The number of benzene rings is 4. The molecule has 13 atom stereocenters. The quantitative estimate of drug-likeness (QED) is 0.0615. The van der Waals surface area contributed by atoms with Gasteiger partial charge < -0.3 is 64.1 Å². The number of β-lactam (4-membered cyclic amide) rings is 1. The lowest BCUT2D eigenvalue weighted by Gasteiger charge is -2.48. The Morgan fingerprint density at radius 2 is 1.31 bits per heavy atom. The Morgan fingerprint density at radius 1 is 0.705 bits per heavy atom. The van der Waals surface area contributed by atoms with Crippen molar-refractivity contribution in [3.8, 4) is 16.9 Å². The van der Waals surface area contributed by atoms with Gasteiger partial charge in [0, 0.05) is 5.69 Å². The molecule has 4 aromatic carbocycles. The number of para-hydroxylation sites is 1. The lowest BCUT2D eigenvalue weighted by molar-refractivity contribution is -0.341. The average molecular weight is 870 g/mol. The molecule has 7 rings (SSSR count). The first kappa shape index (κ1) is 44.6. The minimum atomic E-state index is -4.49. The first-order valence-corrected chi connectivity index (χ1v) is 21.3. The molecule has 0 spiro atoms. The topological polar surface area (TPSA) is 253 Å². The Labute approximate surface area is 350 Å². The number of amides is 1. The van der Waals surface area contributed by atoms with Crippen molar-refractivity contribution in [2.45, 2.75) is 86.2 Å². The molecule has 0 saturated carbocycles. The largest absolute Gasteiger partial charge is 0.394 e. The third-order valence-corrected chi connectivity index (χ3v) is 12.6. The highest BCUT2D eigenvalue weighted by atomic mass is 32.2. The van der Waals surface area contributed by atoms with Crippen molar-refractivity contribution in [3.63, 3.8) is 0 Å². The van der Waals surface area contributed by atoms with Crippen LogP contribution >= 0.6 is 0 Å². The highest BCUT2D eigenvalue weighted by Crippen LogP contribution is 2.46. The van der Waals surface area contributed by atoms with E-state index in [1.165, 1.54) is 36.4 Å². The van der Waals surface area contributed by atoms with E-state index in [0.29, 0.717) is 24.0 Å². The van der Waals surface area contributed by atoms with Crippen molar-refractivity contribution >= 4 is 21.7 Å². The maximum absolute atomic E-state index is 13.5. The van der Waals surface area contributed by atoms with Gasteiger partial charge in [0.15, 0.2) is 6.29 Å². The summed E-state index contributed by atoms with van der Waals surface area (Å²) in [4.78, 5) is 15.2. The fourth-order valence-electron chi connectivity index (χ4n) is 8.04. The van der Waals surface area contributed by atoms with Gasteiger partial charge >= 0.3 is 10.1 Å². The van der Waals surface area contributed by atoms with Crippen LogP contribution in [0.15, 0.2) is 103 Å². The number of carbonyl (C=O) groups is 1. The molecule has 3 fully saturated rings. The number of aliphatic hydroxyl groups excluding tert-OH is 8. The molecule has 18 heteroatoms. The highest BCUT2D eigenvalue weighted by molar-refractivity contribution is 7.87. The molecule has 328 valence electrons. The molecule has 0 bridgehead atoms. The molecule has 0 aliphatic carbocycles. The number of anilines is 1. The molecular formula is C43H48FNO15S. The summed E-state index contributed by atoms with van der Waals surface area (Å²) < 4.78 is 61.5. The zero-order valence-corrected chi connectivity index (χ0v) is 33.3. The van der Waals surface area contributed by atoms with Crippen LogP contribution in [-0.2, 0) is 29.1 Å². The Balaban J connectivity index is 0.983. The van der Waals surface area contributed by atoms with Crippen LogP contribution in [0.1, 0.15) is 36.1 Å². The number of hydrogen-bond acceptors (Lipinski definition) is 15. The summed E-state index contributed by atoms with van der Waals surface area (Å²) in [6, 6.07) is 28.3. The summed E-state index contributed by atoms with van der Waals surface area (Å²) in [7, 11) is -4.49. The molecule has 4 aromatic rings. The Kier molecular flexibility index (Phi) is 13.8. The van der Waals surface area contributed by atoms with Crippen LogP contribution in [0.4, 0.5) is 10.1 Å². The molecule has 0 aromatic heterocycles. The third-order valence-electron chi connectivity index (χ3n) is 11.4.